The van der Waals surface area contributed by atoms with Gasteiger partial charge in [-0.1, -0.05) is 54.6 Å². The second-order valence-corrected chi connectivity index (χ2v) is 8.28. The van der Waals surface area contributed by atoms with Gasteiger partial charge >= 0.3 is 5.63 Å². The number of hydrogen-bond acceptors (Lipinski definition) is 4. The summed E-state index contributed by atoms with van der Waals surface area (Å²) in [6.07, 6.45) is 0. The molecule has 4 aromatic carbocycles. The van der Waals surface area contributed by atoms with Gasteiger partial charge in [0.25, 0.3) is 0 Å². The normalized spacial score (nSPS) is 14.4. The Balaban J connectivity index is 1.67. The van der Waals surface area contributed by atoms with Gasteiger partial charge in [0.15, 0.2) is 0 Å². The summed E-state index contributed by atoms with van der Waals surface area (Å²) >= 11 is 0. The van der Waals surface area contributed by atoms with Crippen LogP contribution in [0.3, 0.4) is 0 Å². The van der Waals surface area contributed by atoms with E-state index in [9.17, 15) is 9.59 Å². The molecule has 5 heteroatoms. The lowest BCUT2D eigenvalue weighted by Gasteiger charge is -2.30. The van der Waals surface area contributed by atoms with Crippen LogP contribution < -0.4 is 16.3 Å². The van der Waals surface area contributed by atoms with Gasteiger partial charge in [-0.3, -0.25) is 4.79 Å². The summed E-state index contributed by atoms with van der Waals surface area (Å²) < 4.78 is 5.76. The van der Waals surface area contributed by atoms with E-state index < -0.39 is 0 Å². The van der Waals surface area contributed by atoms with E-state index in [-0.39, 0.29) is 17.5 Å². The highest BCUT2D eigenvalue weighted by Crippen LogP contribution is 2.48. The molecule has 0 aliphatic carbocycles. The molecule has 0 spiro atoms. The predicted molar refractivity (Wildman–Crippen MR) is 131 cm³/mol. The average molecular weight is 432 g/mol. The molecule has 1 atom stereocenters. The van der Waals surface area contributed by atoms with E-state index in [1.165, 1.54) is 6.92 Å². The van der Waals surface area contributed by atoms with Crippen molar-refractivity contribution in [1.82, 2.24) is 0 Å². The number of carbonyl (C=O) groups is 1. The Kier molecular flexibility index (Phi) is 4.30. The summed E-state index contributed by atoms with van der Waals surface area (Å²) in [5, 5.41) is 9.39. The predicted octanol–water partition coefficient (Wildman–Crippen LogP) is 6.14. The van der Waals surface area contributed by atoms with Crippen LogP contribution >= 0.6 is 0 Å². The Morgan fingerprint density at radius 2 is 1.58 bits per heavy atom. The molecule has 6 rings (SSSR count). The van der Waals surface area contributed by atoms with Crippen molar-refractivity contribution in [1.29, 1.82) is 0 Å². The number of benzene rings is 4. The van der Waals surface area contributed by atoms with Crippen LogP contribution in [0.15, 0.2) is 94.1 Å². The number of amides is 1. The standard InChI is InChI=1S/C28H20N2O3/c1-16(31)29-19-13-10-18(11-14-19)24-25-20-7-3-2-6-17(20)12-15-22(25)30-27-21-8-4-5-9-23(21)33-28(32)26(24)27/h2-15,24,30H,1H3,(H,29,31). The highest BCUT2D eigenvalue weighted by atomic mass is 16.4. The molecule has 0 saturated carbocycles. The van der Waals surface area contributed by atoms with Gasteiger partial charge in [0, 0.05) is 29.6 Å². The smallest absolute Gasteiger partial charge is 0.342 e. The van der Waals surface area contributed by atoms with Gasteiger partial charge in [0.2, 0.25) is 5.91 Å². The number of carbonyl (C=O) groups excluding carboxylic acids is 1. The van der Waals surface area contributed by atoms with Crippen LogP contribution in [0.1, 0.15) is 29.5 Å². The number of rotatable bonds is 2. The molecule has 5 aromatic rings. The van der Waals surface area contributed by atoms with Gasteiger partial charge in [-0.05, 0) is 52.2 Å². The molecule has 2 heterocycles. The molecule has 33 heavy (non-hydrogen) atoms. The second kappa shape index (κ2) is 7.35. The van der Waals surface area contributed by atoms with E-state index in [1.807, 2.05) is 60.7 Å². The van der Waals surface area contributed by atoms with Crippen molar-refractivity contribution in [3.63, 3.8) is 0 Å². The summed E-state index contributed by atoms with van der Waals surface area (Å²) in [6, 6.07) is 27.6. The van der Waals surface area contributed by atoms with E-state index in [2.05, 4.69) is 34.9 Å². The first-order valence-electron chi connectivity index (χ1n) is 10.8. The van der Waals surface area contributed by atoms with Crippen molar-refractivity contribution >= 4 is 44.7 Å². The molecule has 1 aliphatic rings. The van der Waals surface area contributed by atoms with Crippen molar-refractivity contribution in [3.8, 4) is 0 Å². The molecule has 0 saturated heterocycles. The van der Waals surface area contributed by atoms with Gasteiger partial charge < -0.3 is 15.1 Å². The van der Waals surface area contributed by atoms with E-state index in [0.717, 1.165) is 38.7 Å². The Morgan fingerprint density at radius 3 is 2.36 bits per heavy atom. The molecule has 5 nitrogen and oxygen atoms in total. The summed E-state index contributed by atoms with van der Waals surface area (Å²) in [5.74, 6) is -0.451. The fraction of sp³-hybridized carbons (Fsp3) is 0.0714. The monoisotopic (exact) mass is 432 g/mol. The lowest BCUT2D eigenvalue weighted by Crippen LogP contribution is -2.22. The van der Waals surface area contributed by atoms with Gasteiger partial charge in [-0.2, -0.15) is 0 Å². The molecule has 160 valence electrons. The number of anilines is 3. The largest absolute Gasteiger partial charge is 0.422 e. The maximum atomic E-state index is 13.4. The van der Waals surface area contributed by atoms with Crippen LogP contribution in [0.5, 0.6) is 0 Å². The zero-order chi connectivity index (χ0) is 22.5. The third-order valence-corrected chi connectivity index (χ3v) is 6.22. The topological polar surface area (TPSA) is 71.3 Å². The van der Waals surface area contributed by atoms with Crippen LogP contribution in [0.4, 0.5) is 17.1 Å². The average Bonchev–Trinajstić information content (AvgIpc) is 2.83. The first-order chi connectivity index (χ1) is 16.1. The molecule has 0 bridgehead atoms. The quantitative estimate of drug-likeness (QED) is 0.322. The number of fused-ring (bicyclic) bond motifs is 6. The van der Waals surface area contributed by atoms with Crippen molar-refractivity contribution in [2.24, 2.45) is 0 Å². The number of nitrogens with one attached hydrogen (secondary N) is 2. The molecule has 0 fully saturated rings. The Bertz CT molecular complexity index is 1620. The molecular weight excluding hydrogens is 412 g/mol. The van der Waals surface area contributed by atoms with Crippen LogP contribution in [0.25, 0.3) is 21.7 Å². The first-order valence-corrected chi connectivity index (χ1v) is 10.8. The molecule has 1 aromatic heterocycles. The fourth-order valence-electron chi connectivity index (χ4n) is 4.85. The van der Waals surface area contributed by atoms with Crippen molar-refractivity contribution in [3.05, 3.63) is 112 Å². The summed E-state index contributed by atoms with van der Waals surface area (Å²) in [6.45, 7) is 1.48. The Labute approximate surface area is 189 Å². The minimum atomic E-state index is -0.356. The van der Waals surface area contributed by atoms with E-state index >= 15 is 0 Å². The van der Waals surface area contributed by atoms with Gasteiger partial charge in [-0.25, -0.2) is 4.79 Å². The SMILES string of the molecule is CC(=O)Nc1ccc(C2c3c(c4ccccc4oc3=O)Nc3ccc4ccccc4c32)cc1. The number of para-hydroxylation sites is 1. The Hall–Kier alpha value is -4.38. The summed E-state index contributed by atoms with van der Waals surface area (Å²) in [4.78, 5) is 24.8. The minimum Gasteiger partial charge on any atom is -0.422 e. The molecule has 2 N–H and O–H groups in total. The molecule has 1 amide bonds. The van der Waals surface area contributed by atoms with Crippen molar-refractivity contribution in [2.75, 3.05) is 10.6 Å². The van der Waals surface area contributed by atoms with Crippen molar-refractivity contribution < 1.29 is 9.21 Å². The van der Waals surface area contributed by atoms with Crippen LogP contribution in [0.2, 0.25) is 0 Å². The maximum Gasteiger partial charge on any atom is 0.342 e. The maximum absolute atomic E-state index is 13.4. The van der Waals surface area contributed by atoms with Gasteiger partial charge in [-0.15, -0.1) is 0 Å². The van der Waals surface area contributed by atoms with Crippen LogP contribution in [0, 0.1) is 0 Å². The molecule has 1 aliphatic heterocycles. The third-order valence-electron chi connectivity index (χ3n) is 6.22. The highest BCUT2D eigenvalue weighted by molar-refractivity contribution is 6.00. The van der Waals surface area contributed by atoms with Crippen LogP contribution in [-0.4, -0.2) is 5.91 Å². The van der Waals surface area contributed by atoms with E-state index in [4.69, 9.17) is 4.42 Å². The molecule has 1 unspecified atom stereocenters. The third kappa shape index (κ3) is 3.09. The van der Waals surface area contributed by atoms with Crippen LogP contribution in [-0.2, 0) is 4.79 Å². The molecule has 0 radical (unpaired) electrons. The summed E-state index contributed by atoms with van der Waals surface area (Å²) in [7, 11) is 0. The lowest BCUT2D eigenvalue weighted by molar-refractivity contribution is -0.114. The zero-order valence-corrected chi connectivity index (χ0v) is 17.9. The second-order valence-electron chi connectivity index (χ2n) is 8.28. The Morgan fingerprint density at radius 1 is 0.848 bits per heavy atom. The van der Waals surface area contributed by atoms with Gasteiger partial charge in [0.05, 0.1) is 11.3 Å². The number of hydrogen-bond donors (Lipinski definition) is 2. The zero-order valence-electron chi connectivity index (χ0n) is 17.9. The van der Waals surface area contributed by atoms with E-state index in [1.54, 1.807) is 0 Å². The minimum absolute atomic E-state index is 0.126. The van der Waals surface area contributed by atoms with E-state index in [0.29, 0.717) is 16.8 Å². The fourth-order valence-corrected chi connectivity index (χ4v) is 4.85. The van der Waals surface area contributed by atoms with Gasteiger partial charge in [0.1, 0.15) is 5.58 Å². The molecular formula is C28H20N2O3. The summed E-state index contributed by atoms with van der Waals surface area (Å²) in [5.41, 5.74) is 5.23. The highest BCUT2D eigenvalue weighted by Gasteiger charge is 2.33. The first kappa shape index (κ1) is 19.3. The lowest BCUT2D eigenvalue weighted by atomic mass is 9.79. The van der Waals surface area contributed by atoms with Crippen molar-refractivity contribution in [2.45, 2.75) is 12.8 Å².